The molecule has 0 fully saturated rings. The number of hydrogen-bond acceptors (Lipinski definition) is 5. The third kappa shape index (κ3) is 5.90. The van der Waals surface area contributed by atoms with Gasteiger partial charge >= 0.3 is 0 Å². The summed E-state index contributed by atoms with van der Waals surface area (Å²) in [5, 5.41) is 6.75. The summed E-state index contributed by atoms with van der Waals surface area (Å²) in [6.07, 6.45) is 1.75. The Labute approximate surface area is 196 Å². The third-order valence-electron chi connectivity index (χ3n) is 4.82. The van der Waals surface area contributed by atoms with Gasteiger partial charge in [-0.1, -0.05) is 18.2 Å². The number of carbonyl (C=O) groups excluding carboxylic acids is 2. The van der Waals surface area contributed by atoms with Crippen molar-refractivity contribution in [3.8, 4) is 5.75 Å². The number of anilines is 2. The first-order chi connectivity index (χ1) is 16.1. The van der Waals surface area contributed by atoms with Crippen LogP contribution in [0.4, 0.5) is 11.4 Å². The van der Waals surface area contributed by atoms with Crippen LogP contribution < -0.4 is 15.4 Å². The highest BCUT2D eigenvalue weighted by Crippen LogP contribution is 2.26. The van der Waals surface area contributed by atoms with Crippen molar-refractivity contribution in [2.75, 3.05) is 23.0 Å². The number of thioether (sulfide) groups is 1. The molecule has 33 heavy (non-hydrogen) atoms. The second-order valence-corrected chi connectivity index (χ2v) is 8.17. The quantitative estimate of drug-likeness (QED) is 0.336. The highest BCUT2D eigenvalue weighted by atomic mass is 32.2. The molecular weight excluding hydrogens is 434 g/mol. The molecule has 1 heterocycles. The van der Waals surface area contributed by atoms with Crippen molar-refractivity contribution >= 4 is 45.9 Å². The summed E-state index contributed by atoms with van der Waals surface area (Å²) in [4.78, 5) is 30.3. The van der Waals surface area contributed by atoms with Gasteiger partial charge in [-0.25, -0.2) is 0 Å². The highest BCUT2D eigenvalue weighted by molar-refractivity contribution is 8.00. The Morgan fingerprint density at radius 2 is 1.58 bits per heavy atom. The van der Waals surface area contributed by atoms with Crippen molar-refractivity contribution in [2.45, 2.75) is 11.8 Å². The molecule has 0 atom stereocenters. The molecule has 0 aliphatic rings. The van der Waals surface area contributed by atoms with E-state index in [0.717, 1.165) is 21.5 Å². The van der Waals surface area contributed by atoms with Crippen molar-refractivity contribution in [2.24, 2.45) is 0 Å². The van der Waals surface area contributed by atoms with E-state index in [1.807, 2.05) is 49.4 Å². The van der Waals surface area contributed by atoms with E-state index >= 15 is 0 Å². The molecule has 0 spiro atoms. The molecule has 0 unspecified atom stereocenters. The van der Waals surface area contributed by atoms with Crippen LogP contribution in [0.3, 0.4) is 0 Å². The van der Waals surface area contributed by atoms with Gasteiger partial charge in [0, 0.05) is 33.4 Å². The number of nitrogens with one attached hydrogen (secondary N) is 2. The van der Waals surface area contributed by atoms with Crippen molar-refractivity contribution < 1.29 is 14.3 Å². The first-order valence-corrected chi connectivity index (χ1v) is 11.5. The van der Waals surface area contributed by atoms with E-state index in [1.165, 1.54) is 11.8 Å². The average molecular weight is 458 g/mol. The standard InChI is InChI=1S/C26H23N3O3S/c1-2-32-21-13-11-20(12-14-21)29-26(31)18-7-9-19(10-8-18)28-25(30)17-33-24-15-16-27-23-6-4-3-5-22(23)24/h3-16H,2,17H2,1H3,(H,28,30)(H,29,31). The number of ether oxygens (including phenoxy) is 1. The fourth-order valence-electron chi connectivity index (χ4n) is 3.25. The number of fused-ring (bicyclic) bond motifs is 1. The number of benzene rings is 3. The van der Waals surface area contributed by atoms with Crippen LogP contribution in [-0.2, 0) is 4.79 Å². The molecule has 0 aliphatic heterocycles. The van der Waals surface area contributed by atoms with E-state index in [1.54, 1.807) is 42.6 Å². The lowest BCUT2D eigenvalue weighted by atomic mass is 10.2. The van der Waals surface area contributed by atoms with Crippen LogP contribution in [0.15, 0.2) is 90.0 Å². The maximum Gasteiger partial charge on any atom is 0.255 e. The van der Waals surface area contributed by atoms with E-state index in [0.29, 0.717) is 23.5 Å². The minimum Gasteiger partial charge on any atom is -0.494 e. The number of hydrogen-bond donors (Lipinski definition) is 2. The highest BCUT2D eigenvalue weighted by Gasteiger charge is 2.09. The van der Waals surface area contributed by atoms with E-state index in [9.17, 15) is 9.59 Å². The fourth-order valence-corrected chi connectivity index (χ4v) is 4.09. The van der Waals surface area contributed by atoms with Crippen molar-refractivity contribution in [1.82, 2.24) is 4.98 Å². The average Bonchev–Trinajstić information content (AvgIpc) is 2.84. The molecule has 6 nitrogen and oxygen atoms in total. The minimum absolute atomic E-state index is 0.118. The number of amides is 2. The number of pyridine rings is 1. The smallest absolute Gasteiger partial charge is 0.255 e. The molecule has 0 saturated heterocycles. The van der Waals surface area contributed by atoms with Gasteiger partial charge in [-0.05, 0) is 67.6 Å². The second-order valence-electron chi connectivity index (χ2n) is 7.15. The van der Waals surface area contributed by atoms with E-state index in [2.05, 4.69) is 15.6 Å². The predicted molar refractivity (Wildman–Crippen MR) is 133 cm³/mol. The summed E-state index contributed by atoms with van der Waals surface area (Å²) in [5.74, 6) is 0.684. The van der Waals surface area contributed by atoms with Crippen LogP contribution in [-0.4, -0.2) is 29.2 Å². The van der Waals surface area contributed by atoms with Crippen molar-refractivity contribution in [1.29, 1.82) is 0 Å². The monoisotopic (exact) mass is 457 g/mol. The zero-order chi connectivity index (χ0) is 23.0. The Kier molecular flexibility index (Phi) is 7.22. The first kappa shape index (κ1) is 22.4. The summed E-state index contributed by atoms with van der Waals surface area (Å²) in [5.41, 5.74) is 2.72. The van der Waals surface area contributed by atoms with Gasteiger partial charge in [0.1, 0.15) is 5.75 Å². The molecule has 7 heteroatoms. The molecule has 0 saturated carbocycles. The number of para-hydroxylation sites is 1. The van der Waals surface area contributed by atoms with Crippen molar-refractivity contribution in [3.05, 3.63) is 90.6 Å². The molecule has 4 rings (SSSR count). The van der Waals surface area contributed by atoms with Gasteiger partial charge in [-0.15, -0.1) is 11.8 Å². The normalized spacial score (nSPS) is 10.6. The second kappa shape index (κ2) is 10.7. The van der Waals surface area contributed by atoms with Gasteiger partial charge in [-0.2, -0.15) is 0 Å². The Balaban J connectivity index is 1.31. The summed E-state index contributed by atoms with van der Waals surface area (Å²) in [6.45, 7) is 2.51. The largest absolute Gasteiger partial charge is 0.494 e. The third-order valence-corrected chi connectivity index (χ3v) is 5.90. The summed E-state index contributed by atoms with van der Waals surface area (Å²) in [6, 6.07) is 23.8. The minimum atomic E-state index is -0.225. The summed E-state index contributed by atoms with van der Waals surface area (Å²) >= 11 is 1.47. The van der Waals surface area contributed by atoms with Crippen LogP contribution in [0, 0.1) is 0 Å². The van der Waals surface area contributed by atoms with E-state index in [4.69, 9.17) is 4.74 Å². The Bertz CT molecular complexity index is 1250. The van der Waals surface area contributed by atoms with Gasteiger partial charge in [0.2, 0.25) is 5.91 Å². The lowest BCUT2D eigenvalue weighted by Gasteiger charge is -2.09. The van der Waals surface area contributed by atoms with Crippen LogP contribution in [0.1, 0.15) is 17.3 Å². The number of rotatable bonds is 8. The molecule has 0 bridgehead atoms. The Morgan fingerprint density at radius 1 is 0.879 bits per heavy atom. The molecule has 4 aromatic rings. The maximum atomic E-state index is 12.5. The maximum absolute atomic E-state index is 12.5. The topological polar surface area (TPSA) is 80.3 Å². The van der Waals surface area contributed by atoms with Crippen LogP contribution in [0.5, 0.6) is 5.75 Å². The van der Waals surface area contributed by atoms with Gasteiger partial charge in [-0.3, -0.25) is 14.6 Å². The van der Waals surface area contributed by atoms with Gasteiger partial charge in [0.15, 0.2) is 0 Å². The first-order valence-electron chi connectivity index (χ1n) is 10.5. The Hall–Kier alpha value is -3.84. The molecule has 0 aliphatic carbocycles. The fraction of sp³-hybridized carbons (Fsp3) is 0.115. The molecular formula is C26H23N3O3S. The number of nitrogens with zero attached hydrogens (tertiary/aromatic N) is 1. The molecule has 0 radical (unpaired) electrons. The van der Waals surface area contributed by atoms with Crippen molar-refractivity contribution in [3.63, 3.8) is 0 Å². The van der Waals surface area contributed by atoms with Gasteiger partial charge in [0.25, 0.3) is 5.91 Å². The molecule has 166 valence electrons. The zero-order valence-corrected chi connectivity index (χ0v) is 18.9. The number of aromatic nitrogens is 1. The summed E-state index contributed by atoms with van der Waals surface area (Å²) in [7, 11) is 0. The van der Waals surface area contributed by atoms with Gasteiger partial charge in [0.05, 0.1) is 17.9 Å². The van der Waals surface area contributed by atoms with Crippen LogP contribution in [0.25, 0.3) is 10.9 Å². The van der Waals surface area contributed by atoms with Crippen LogP contribution >= 0.6 is 11.8 Å². The molecule has 3 aromatic carbocycles. The molecule has 2 N–H and O–H groups in total. The van der Waals surface area contributed by atoms with E-state index < -0.39 is 0 Å². The van der Waals surface area contributed by atoms with Gasteiger partial charge < -0.3 is 15.4 Å². The summed E-state index contributed by atoms with van der Waals surface area (Å²) < 4.78 is 5.41. The Morgan fingerprint density at radius 3 is 2.33 bits per heavy atom. The number of carbonyl (C=O) groups is 2. The zero-order valence-electron chi connectivity index (χ0n) is 18.1. The SMILES string of the molecule is CCOc1ccc(NC(=O)c2ccc(NC(=O)CSc3ccnc4ccccc34)cc2)cc1. The molecule has 1 aromatic heterocycles. The lowest BCUT2D eigenvalue weighted by Crippen LogP contribution is -2.15. The van der Waals surface area contributed by atoms with E-state index in [-0.39, 0.29) is 17.6 Å². The predicted octanol–water partition coefficient (Wildman–Crippen LogP) is 5.62. The molecule has 2 amide bonds. The lowest BCUT2D eigenvalue weighted by molar-refractivity contribution is -0.113. The van der Waals surface area contributed by atoms with Crippen LogP contribution in [0.2, 0.25) is 0 Å².